The molecule has 1 aromatic carbocycles. The van der Waals surface area contributed by atoms with Gasteiger partial charge in [-0.2, -0.15) is 0 Å². The maximum atomic E-state index is 10.9. The third kappa shape index (κ3) is 15.2. The van der Waals surface area contributed by atoms with E-state index >= 15 is 0 Å². The maximum absolute atomic E-state index is 10.9. The van der Waals surface area contributed by atoms with Crippen LogP contribution in [0, 0.1) is 10.1 Å². The molecule has 0 aromatic heterocycles. The van der Waals surface area contributed by atoms with Crippen molar-refractivity contribution in [2.24, 2.45) is 0 Å². The van der Waals surface area contributed by atoms with Gasteiger partial charge in [-0.25, -0.2) is 0 Å². The van der Waals surface area contributed by atoms with Gasteiger partial charge in [0.15, 0.2) is 0 Å². The van der Waals surface area contributed by atoms with Crippen LogP contribution in [0.3, 0.4) is 0 Å². The van der Waals surface area contributed by atoms with E-state index in [1.54, 1.807) is 12.1 Å². The van der Waals surface area contributed by atoms with Gasteiger partial charge in [0.25, 0.3) is 5.69 Å². The maximum Gasteiger partial charge on any atom is 0.307 e. The molecular weight excluding hydrogens is 414 g/mol. The van der Waals surface area contributed by atoms with Gasteiger partial charge in [0.1, 0.15) is 12.4 Å². The lowest BCUT2D eigenvalue weighted by Gasteiger charge is -2.08. The van der Waals surface area contributed by atoms with Crippen LogP contribution in [-0.4, -0.2) is 90.7 Å². The number of ether oxygens (including phenoxy) is 7. The molecule has 176 valence electrons. The molecule has 0 saturated heterocycles. The Balaban J connectivity index is 1.77. The lowest BCUT2D eigenvalue weighted by atomic mass is 10.3. The highest BCUT2D eigenvalue weighted by Crippen LogP contribution is 2.16. The quantitative estimate of drug-likeness (QED) is 0.126. The number of esters is 1. The van der Waals surface area contributed by atoms with E-state index in [4.69, 9.17) is 28.4 Å². The second-order valence-electron chi connectivity index (χ2n) is 5.99. The molecule has 0 saturated carbocycles. The molecule has 0 heterocycles. The molecule has 0 atom stereocenters. The number of carbonyl (C=O) groups excluding carboxylic acids is 1. The minimum Gasteiger partial charge on any atom is -0.491 e. The van der Waals surface area contributed by atoms with E-state index in [-0.39, 0.29) is 18.1 Å². The number of hydrogen-bond acceptors (Lipinski definition) is 10. The van der Waals surface area contributed by atoms with Crippen LogP contribution in [0.15, 0.2) is 24.3 Å². The highest BCUT2D eigenvalue weighted by atomic mass is 16.6. The van der Waals surface area contributed by atoms with Gasteiger partial charge in [-0.1, -0.05) is 0 Å². The normalized spacial score (nSPS) is 10.7. The third-order valence-corrected chi connectivity index (χ3v) is 3.71. The van der Waals surface area contributed by atoms with Crippen LogP contribution >= 0.6 is 0 Å². The van der Waals surface area contributed by atoms with Gasteiger partial charge in [-0.05, 0) is 12.1 Å². The number of nitro benzene ring substituents is 1. The first-order valence-corrected chi connectivity index (χ1v) is 9.96. The number of rotatable bonds is 20. The standard InChI is InChI=1S/C20H31NO10/c1-25-20(22)6-7-26-8-9-27-10-11-28-12-13-29-14-15-30-16-17-31-19-4-2-18(3-5-19)21(23)24/h2-5H,6-17H2,1H3. The summed E-state index contributed by atoms with van der Waals surface area (Å²) in [6, 6.07) is 5.88. The van der Waals surface area contributed by atoms with Crippen LogP contribution in [0.4, 0.5) is 5.69 Å². The Morgan fingerprint density at radius 2 is 1.16 bits per heavy atom. The van der Waals surface area contributed by atoms with E-state index in [2.05, 4.69) is 4.74 Å². The van der Waals surface area contributed by atoms with Crippen molar-refractivity contribution in [1.29, 1.82) is 0 Å². The van der Waals surface area contributed by atoms with Gasteiger partial charge in [0.2, 0.25) is 0 Å². The fraction of sp³-hybridized carbons (Fsp3) is 0.650. The monoisotopic (exact) mass is 445 g/mol. The summed E-state index contributed by atoms with van der Waals surface area (Å²) in [5, 5.41) is 10.6. The summed E-state index contributed by atoms with van der Waals surface area (Å²) in [6.45, 7) is 4.62. The molecule has 0 N–H and O–H groups in total. The predicted octanol–water partition coefficient (Wildman–Crippen LogP) is 1.62. The summed E-state index contributed by atoms with van der Waals surface area (Å²) in [5.41, 5.74) is 0.0240. The van der Waals surface area contributed by atoms with Gasteiger partial charge in [0, 0.05) is 12.1 Å². The molecule has 31 heavy (non-hydrogen) atoms. The minimum absolute atomic E-state index is 0.0240. The Morgan fingerprint density at radius 1 is 0.742 bits per heavy atom. The van der Waals surface area contributed by atoms with Gasteiger partial charge in [-0.3, -0.25) is 14.9 Å². The second-order valence-corrected chi connectivity index (χ2v) is 5.99. The zero-order valence-corrected chi connectivity index (χ0v) is 17.8. The molecule has 0 spiro atoms. The summed E-state index contributed by atoms with van der Waals surface area (Å²) in [5.74, 6) is 0.259. The van der Waals surface area contributed by atoms with Crippen LogP contribution in [0.5, 0.6) is 5.75 Å². The van der Waals surface area contributed by atoms with Gasteiger partial charge in [-0.15, -0.1) is 0 Å². The zero-order valence-electron chi connectivity index (χ0n) is 17.8. The molecule has 0 amide bonds. The van der Waals surface area contributed by atoms with E-state index < -0.39 is 4.92 Å². The first-order valence-electron chi connectivity index (χ1n) is 9.96. The summed E-state index contributed by atoms with van der Waals surface area (Å²) in [4.78, 5) is 21.0. The van der Waals surface area contributed by atoms with E-state index in [0.29, 0.717) is 78.4 Å². The Labute approximate surface area is 181 Å². The largest absolute Gasteiger partial charge is 0.491 e. The first kappa shape index (κ1) is 26.7. The smallest absolute Gasteiger partial charge is 0.307 e. The Kier molecular flexibility index (Phi) is 15.9. The molecule has 11 nitrogen and oxygen atoms in total. The summed E-state index contributed by atoms with van der Waals surface area (Å²) >= 11 is 0. The minimum atomic E-state index is -0.457. The molecule has 0 aliphatic carbocycles. The van der Waals surface area contributed by atoms with Crippen molar-refractivity contribution in [3.8, 4) is 5.75 Å². The van der Waals surface area contributed by atoms with Crippen LogP contribution in [0.1, 0.15) is 6.42 Å². The number of nitrogens with zero attached hydrogens (tertiary/aromatic N) is 1. The van der Waals surface area contributed by atoms with Crippen LogP contribution < -0.4 is 4.74 Å². The second kappa shape index (κ2) is 18.5. The Hall–Kier alpha value is -2.31. The van der Waals surface area contributed by atoms with Crippen molar-refractivity contribution in [3.63, 3.8) is 0 Å². The van der Waals surface area contributed by atoms with E-state index in [0.717, 1.165) is 0 Å². The van der Waals surface area contributed by atoms with E-state index in [1.165, 1.54) is 19.2 Å². The van der Waals surface area contributed by atoms with Crippen LogP contribution in [0.25, 0.3) is 0 Å². The fourth-order valence-corrected chi connectivity index (χ4v) is 2.12. The lowest BCUT2D eigenvalue weighted by molar-refractivity contribution is -0.384. The number of benzene rings is 1. The molecular formula is C20H31NO10. The highest BCUT2D eigenvalue weighted by molar-refractivity contribution is 5.69. The summed E-state index contributed by atoms with van der Waals surface area (Å²) in [7, 11) is 1.34. The molecule has 0 unspecified atom stereocenters. The number of hydrogen-bond donors (Lipinski definition) is 0. The SMILES string of the molecule is COC(=O)CCOCCOCCOCCOCCOCCOc1ccc([N+](=O)[O-])cc1. The average Bonchev–Trinajstić information content (AvgIpc) is 2.78. The summed E-state index contributed by atoms with van der Waals surface area (Å²) < 4.78 is 36.6. The first-order chi connectivity index (χ1) is 15.1. The fourth-order valence-electron chi connectivity index (χ4n) is 2.12. The molecule has 11 heteroatoms. The van der Waals surface area contributed by atoms with Crippen LogP contribution in [0.2, 0.25) is 0 Å². The van der Waals surface area contributed by atoms with Crippen molar-refractivity contribution in [3.05, 3.63) is 34.4 Å². The van der Waals surface area contributed by atoms with Crippen molar-refractivity contribution in [2.75, 3.05) is 79.8 Å². The topological polar surface area (TPSA) is 125 Å². The number of non-ortho nitro benzene ring substituents is 1. The molecule has 1 rings (SSSR count). The molecule has 0 bridgehead atoms. The Morgan fingerprint density at radius 3 is 1.58 bits per heavy atom. The molecule has 0 aliphatic heterocycles. The molecule has 0 radical (unpaired) electrons. The van der Waals surface area contributed by atoms with Gasteiger partial charge in [0.05, 0.1) is 84.5 Å². The molecule has 0 aliphatic rings. The van der Waals surface area contributed by atoms with E-state index in [9.17, 15) is 14.9 Å². The number of nitro groups is 1. The lowest BCUT2D eigenvalue weighted by Crippen LogP contribution is -2.14. The van der Waals surface area contributed by atoms with Crippen molar-refractivity contribution in [1.82, 2.24) is 0 Å². The Bertz CT molecular complexity index is 596. The zero-order chi connectivity index (χ0) is 22.6. The summed E-state index contributed by atoms with van der Waals surface area (Å²) in [6.07, 6.45) is 0.237. The molecule has 0 fully saturated rings. The van der Waals surface area contributed by atoms with E-state index in [1.807, 2.05) is 0 Å². The number of methoxy groups -OCH3 is 1. The van der Waals surface area contributed by atoms with Crippen molar-refractivity contribution >= 4 is 11.7 Å². The van der Waals surface area contributed by atoms with Gasteiger partial charge < -0.3 is 33.2 Å². The third-order valence-electron chi connectivity index (χ3n) is 3.71. The average molecular weight is 445 g/mol. The highest BCUT2D eigenvalue weighted by Gasteiger charge is 2.04. The van der Waals surface area contributed by atoms with Gasteiger partial charge >= 0.3 is 5.97 Å². The van der Waals surface area contributed by atoms with Crippen molar-refractivity contribution in [2.45, 2.75) is 6.42 Å². The van der Waals surface area contributed by atoms with Crippen LogP contribution in [-0.2, 0) is 33.2 Å². The van der Waals surface area contributed by atoms with Crippen molar-refractivity contribution < 1.29 is 42.9 Å². The number of carbonyl (C=O) groups is 1. The predicted molar refractivity (Wildman–Crippen MR) is 109 cm³/mol. The molecule has 1 aromatic rings.